The van der Waals surface area contributed by atoms with E-state index in [-0.39, 0.29) is 29.4 Å². The van der Waals surface area contributed by atoms with Crippen LogP contribution in [0.3, 0.4) is 0 Å². The number of phenols is 1. The molecule has 192 valence electrons. The van der Waals surface area contributed by atoms with Gasteiger partial charge in [-0.2, -0.15) is 0 Å². The molecule has 0 saturated heterocycles. The van der Waals surface area contributed by atoms with E-state index in [0.29, 0.717) is 38.2 Å². The van der Waals surface area contributed by atoms with Gasteiger partial charge in [-0.15, -0.1) is 0 Å². The van der Waals surface area contributed by atoms with Crippen LogP contribution in [0.1, 0.15) is 50.0 Å². The summed E-state index contributed by atoms with van der Waals surface area (Å²) in [4.78, 5) is 23.3. The lowest BCUT2D eigenvalue weighted by molar-refractivity contribution is -0.120. The van der Waals surface area contributed by atoms with Crippen LogP contribution in [0.5, 0.6) is 5.75 Å². The molecule has 9 heteroatoms. The second-order valence-electron chi connectivity index (χ2n) is 9.18. The highest BCUT2D eigenvalue weighted by molar-refractivity contribution is 5.89. The highest BCUT2D eigenvalue weighted by atomic mass is 16.5. The van der Waals surface area contributed by atoms with Crippen molar-refractivity contribution >= 4 is 17.6 Å². The number of aliphatic hydroxyl groups excluding tert-OH is 1. The Morgan fingerprint density at radius 2 is 1.86 bits per heavy atom. The van der Waals surface area contributed by atoms with Crippen LogP contribution < -0.4 is 21.7 Å². The number of hydrogen-bond acceptors (Lipinski definition) is 6. The molecular weight excluding hydrogens is 448 g/mol. The van der Waals surface area contributed by atoms with Gasteiger partial charge < -0.3 is 36.6 Å². The van der Waals surface area contributed by atoms with Crippen LogP contribution in [0, 0.1) is 0 Å². The monoisotopic (exact) mass is 486 g/mol. The number of anilines is 1. The fourth-order valence-corrected chi connectivity index (χ4v) is 3.66. The maximum absolute atomic E-state index is 12.2. The zero-order valence-electron chi connectivity index (χ0n) is 20.8. The number of rotatable bonds is 14. The number of nitrogens with one attached hydrogen (secondary N) is 3. The molecule has 2 aromatic rings. The molecule has 0 aromatic heterocycles. The molecule has 0 aliphatic rings. The average molecular weight is 487 g/mol. The molecule has 0 spiro atoms. The van der Waals surface area contributed by atoms with Crippen molar-refractivity contribution < 1.29 is 24.5 Å². The van der Waals surface area contributed by atoms with Gasteiger partial charge in [-0.3, -0.25) is 4.79 Å². The van der Waals surface area contributed by atoms with E-state index in [1.54, 1.807) is 6.07 Å². The van der Waals surface area contributed by atoms with E-state index in [0.717, 1.165) is 17.5 Å². The van der Waals surface area contributed by atoms with Gasteiger partial charge in [0.1, 0.15) is 5.75 Å². The minimum absolute atomic E-state index is 0.0400. The smallest absolute Gasteiger partial charge is 0.316 e. The first-order chi connectivity index (χ1) is 16.6. The molecule has 2 rings (SSSR count). The Balaban J connectivity index is 1.89. The summed E-state index contributed by atoms with van der Waals surface area (Å²) in [5.41, 5.74) is 7.46. The van der Waals surface area contributed by atoms with Gasteiger partial charge in [-0.05, 0) is 55.5 Å². The summed E-state index contributed by atoms with van der Waals surface area (Å²) in [6.07, 6.45) is 1.08. The number of β-amino-alcohol motifs (C(OH)–C–C–N with tert-alkyl or cyclic N) is 1. The van der Waals surface area contributed by atoms with Crippen LogP contribution in [-0.4, -0.2) is 54.0 Å². The summed E-state index contributed by atoms with van der Waals surface area (Å²) in [6, 6.07) is 11.6. The second-order valence-corrected chi connectivity index (χ2v) is 9.18. The number of benzene rings is 2. The molecule has 3 amide bonds. The number of amides is 3. The molecule has 0 heterocycles. The third kappa shape index (κ3) is 10.3. The van der Waals surface area contributed by atoms with Crippen LogP contribution in [0.2, 0.25) is 0 Å². The van der Waals surface area contributed by atoms with Crippen molar-refractivity contribution in [1.82, 2.24) is 10.6 Å². The average Bonchev–Trinajstić information content (AvgIpc) is 2.78. The van der Waals surface area contributed by atoms with Crippen LogP contribution in [0.15, 0.2) is 42.5 Å². The SMILES string of the molecule is CCCOCCNC(=O)Cc1cccc(CC(C)(C)NC[C@H](O)c2ccc(O)c(NC(N)=O)c2)c1. The molecule has 0 unspecified atom stereocenters. The Morgan fingerprint density at radius 3 is 2.57 bits per heavy atom. The minimum atomic E-state index is -0.861. The zero-order valence-corrected chi connectivity index (χ0v) is 20.8. The van der Waals surface area contributed by atoms with Gasteiger partial charge in [0.15, 0.2) is 0 Å². The molecule has 0 fully saturated rings. The second kappa shape index (κ2) is 13.7. The molecule has 1 atom stereocenters. The maximum atomic E-state index is 12.2. The Bertz CT molecular complexity index is 980. The number of carbonyl (C=O) groups excluding carboxylic acids is 2. The summed E-state index contributed by atoms with van der Waals surface area (Å²) in [5.74, 6) is -0.173. The lowest BCUT2D eigenvalue weighted by atomic mass is 9.93. The molecule has 0 radical (unpaired) electrons. The van der Waals surface area contributed by atoms with Crippen molar-refractivity contribution in [3.05, 3.63) is 59.2 Å². The number of phenolic OH excluding ortho intramolecular Hbond substituents is 1. The van der Waals surface area contributed by atoms with E-state index in [9.17, 15) is 19.8 Å². The van der Waals surface area contributed by atoms with Gasteiger partial charge in [0.05, 0.1) is 24.8 Å². The predicted molar refractivity (Wildman–Crippen MR) is 136 cm³/mol. The quantitative estimate of drug-likeness (QED) is 0.179. The number of hydrogen-bond donors (Lipinski definition) is 6. The Labute approximate surface area is 207 Å². The van der Waals surface area contributed by atoms with Crippen LogP contribution >= 0.6 is 0 Å². The molecule has 0 saturated carbocycles. The molecular formula is C26H38N4O5. The standard InChI is InChI=1S/C26H38N4O5/c1-4-11-35-12-10-28-24(33)14-18-6-5-7-19(13-18)16-26(2,3)29-17-23(32)20-8-9-22(31)21(15-20)30-25(27)34/h5-9,13,15,23,29,31-32H,4,10-12,14,16-17H2,1-3H3,(H,28,33)(H3,27,30,34)/t23-/m0/s1. The molecule has 2 aromatic carbocycles. The van der Waals surface area contributed by atoms with E-state index in [4.69, 9.17) is 10.5 Å². The fourth-order valence-electron chi connectivity index (χ4n) is 3.66. The van der Waals surface area contributed by atoms with Gasteiger partial charge in [-0.25, -0.2) is 4.79 Å². The van der Waals surface area contributed by atoms with E-state index in [1.807, 2.05) is 45.0 Å². The number of primary amides is 1. The third-order valence-electron chi connectivity index (χ3n) is 5.36. The number of aromatic hydroxyl groups is 1. The van der Waals surface area contributed by atoms with Crippen molar-refractivity contribution in [3.63, 3.8) is 0 Å². The van der Waals surface area contributed by atoms with E-state index in [2.05, 4.69) is 16.0 Å². The Morgan fingerprint density at radius 1 is 1.11 bits per heavy atom. The van der Waals surface area contributed by atoms with Gasteiger partial charge in [-0.1, -0.05) is 37.3 Å². The van der Waals surface area contributed by atoms with Gasteiger partial charge in [0.25, 0.3) is 0 Å². The first-order valence-electron chi connectivity index (χ1n) is 11.8. The number of aliphatic hydroxyl groups is 1. The zero-order chi connectivity index (χ0) is 25.8. The Hall–Kier alpha value is -3.14. The molecule has 9 nitrogen and oxygen atoms in total. The Kier molecular flexibility index (Phi) is 11.0. The van der Waals surface area contributed by atoms with Gasteiger partial charge >= 0.3 is 6.03 Å². The molecule has 35 heavy (non-hydrogen) atoms. The van der Waals surface area contributed by atoms with Crippen LogP contribution in [0.4, 0.5) is 10.5 Å². The summed E-state index contributed by atoms with van der Waals surface area (Å²) in [6.45, 7) is 8.08. The lowest BCUT2D eigenvalue weighted by Crippen LogP contribution is -2.43. The molecule has 7 N–H and O–H groups in total. The summed E-state index contributed by atoms with van der Waals surface area (Å²) in [5, 5.41) is 29.0. The predicted octanol–water partition coefficient (Wildman–Crippen LogP) is 2.61. The summed E-state index contributed by atoms with van der Waals surface area (Å²) in [7, 11) is 0. The largest absolute Gasteiger partial charge is 0.506 e. The van der Waals surface area contributed by atoms with E-state index in [1.165, 1.54) is 12.1 Å². The number of urea groups is 1. The van der Waals surface area contributed by atoms with E-state index < -0.39 is 12.1 Å². The van der Waals surface area contributed by atoms with Crippen molar-refractivity contribution in [2.24, 2.45) is 5.73 Å². The van der Waals surface area contributed by atoms with Crippen LogP contribution in [0.25, 0.3) is 0 Å². The van der Waals surface area contributed by atoms with E-state index >= 15 is 0 Å². The first-order valence-corrected chi connectivity index (χ1v) is 11.8. The topological polar surface area (TPSA) is 146 Å². The number of carbonyl (C=O) groups is 2. The maximum Gasteiger partial charge on any atom is 0.316 e. The summed E-state index contributed by atoms with van der Waals surface area (Å²) >= 11 is 0. The highest BCUT2D eigenvalue weighted by Gasteiger charge is 2.21. The van der Waals surface area contributed by atoms with Gasteiger partial charge in [0, 0.05) is 25.2 Å². The third-order valence-corrected chi connectivity index (χ3v) is 5.36. The van der Waals surface area contributed by atoms with Gasteiger partial charge in [0.2, 0.25) is 5.91 Å². The summed E-state index contributed by atoms with van der Waals surface area (Å²) < 4.78 is 5.38. The highest BCUT2D eigenvalue weighted by Crippen LogP contribution is 2.27. The number of ether oxygens (including phenoxy) is 1. The van der Waals surface area contributed by atoms with Crippen molar-refractivity contribution in [2.75, 3.05) is 31.6 Å². The van der Waals surface area contributed by atoms with Crippen molar-refractivity contribution in [1.29, 1.82) is 0 Å². The molecule has 0 aliphatic heterocycles. The van der Waals surface area contributed by atoms with Crippen LogP contribution in [-0.2, 0) is 22.4 Å². The minimum Gasteiger partial charge on any atom is -0.506 e. The fraction of sp³-hybridized carbons (Fsp3) is 0.462. The molecule has 0 aliphatic carbocycles. The van der Waals surface area contributed by atoms with Crippen molar-refractivity contribution in [3.8, 4) is 5.75 Å². The van der Waals surface area contributed by atoms with Crippen molar-refractivity contribution in [2.45, 2.75) is 51.7 Å². The first kappa shape index (κ1) is 28.1. The number of nitrogens with two attached hydrogens (primary N) is 1. The molecule has 0 bridgehead atoms. The normalized spacial score (nSPS) is 12.2. The lowest BCUT2D eigenvalue weighted by Gasteiger charge is -2.28.